The fourth-order valence-corrected chi connectivity index (χ4v) is 5.19. The Bertz CT molecular complexity index is 1050. The minimum absolute atomic E-state index is 0.201. The van der Waals surface area contributed by atoms with Gasteiger partial charge in [0.05, 0.1) is 12.1 Å². The summed E-state index contributed by atoms with van der Waals surface area (Å²) in [6.07, 6.45) is 5.89. The molecule has 1 aromatic heterocycles. The molecular weight excluding hydrogens is 414 g/mol. The van der Waals surface area contributed by atoms with E-state index in [4.69, 9.17) is 15.1 Å². The number of benzene rings is 1. The van der Waals surface area contributed by atoms with Gasteiger partial charge in [-0.05, 0) is 71.2 Å². The van der Waals surface area contributed by atoms with Crippen molar-refractivity contribution in [2.24, 2.45) is 10.9 Å². The van der Waals surface area contributed by atoms with E-state index >= 15 is 0 Å². The van der Waals surface area contributed by atoms with Crippen molar-refractivity contribution in [2.75, 3.05) is 31.1 Å². The first-order valence-corrected chi connectivity index (χ1v) is 12.2. The molecule has 0 amide bonds. The molecule has 3 aliphatic heterocycles. The van der Waals surface area contributed by atoms with Crippen LogP contribution in [0.3, 0.4) is 0 Å². The summed E-state index contributed by atoms with van der Waals surface area (Å²) in [7, 11) is 0. The first kappa shape index (κ1) is 21.9. The lowest BCUT2D eigenvalue weighted by molar-refractivity contribution is 0.258. The zero-order chi connectivity index (χ0) is 22.9. The van der Waals surface area contributed by atoms with Crippen LogP contribution >= 0.6 is 0 Å². The van der Waals surface area contributed by atoms with Gasteiger partial charge < -0.3 is 24.8 Å². The van der Waals surface area contributed by atoms with Crippen molar-refractivity contribution in [1.29, 1.82) is 5.41 Å². The fourth-order valence-electron chi connectivity index (χ4n) is 5.19. The average Bonchev–Trinajstić information content (AvgIpc) is 3.09. The maximum atomic E-state index is 7.82. The quantitative estimate of drug-likeness (QED) is 0.492. The smallest absolute Gasteiger partial charge is 0.155 e. The van der Waals surface area contributed by atoms with Gasteiger partial charge in [-0.1, -0.05) is 0 Å². The number of nitrogens with one attached hydrogen (secondary N) is 3. The molecule has 0 spiro atoms. The van der Waals surface area contributed by atoms with Crippen LogP contribution in [0.25, 0.3) is 11.4 Å². The Morgan fingerprint density at radius 2 is 2.18 bits per heavy atom. The Balaban J connectivity index is 1.43. The van der Waals surface area contributed by atoms with E-state index in [1.165, 1.54) is 24.9 Å². The van der Waals surface area contributed by atoms with E-state index in [9.17, 15) is 0 Å². The molecule has 2 saturated heterocycles. The first-order chi connectivity index (χ1) is 16.0. The second-order valence-corrected chi connectivity index (χ2v) is 9.67. The highest BCUT2D eigenvalue weighted by atomic mass is 16.5. The van der Waals surface area contributed by atoms with Crippen LogP contribution in [-0.2, 0) is 6.54 Å². The highest BCUT2D eigenvalue weighted by molar-refractivity contribution is 6.04. The molecule has 0 radical (unpaired) electrons. The maximum absolute atomic E-state index is 7.82. The molecule has 2 aromatic rings. The number of hydrogen-bond donors (Lipinski definition) is 3. The summed E-state index contributed by atoms with van der Waals surface area (Å²) in [6.45, 7) is 10.5. The highest BCUT2D eigenvalue weighted by Gasteiger charge is 2.36. The standard InChI is InChI=1S/C25H35N7O/c1-16(2)28-24(29-17(3)26)21-15-31-11-12-33-23-13-19(6-7-20(23)25(31)30-21)32-10-8-22(32)18-5-4-9-27-14-18/h6-7,13,15-16,18,22,27H,4-5,8-12,14H2,1-3H3,(H2,26,28,29)/t18-,22?/m1/s1. The Morgan fingerprint density at radius 1 is 1.30 bits per heavy atom. The monoisotopic (exact) mass is 449 g/mol. The minimum atomic E-state index is 0.201. The van der Waals surface area contributed by atoms with E-state index in [0.29, 0.717) is 18.5 Å². The van der Waals surface area contributed by atoms with Gasteiger partial charge in [-0.15, -0.1) is 0 Å². The largest absolute Gasteiger partial charge is 0.491 e. The molecular formula is C25H35N7O. The molecule has 176 valence electrons. The van der Waals surface area contributed by atoms with E-state index < -0.39 is 0 Å². The minimum Gasteiger partial charge on any atom is -0.491 e. The molecule has 3 N–H and O–H groups in total. The van der Waals surface area contributed by atoms with Crippen LogP contribution in [0.1, 0.15) is 45.7 Å². The molecule has 0 aliphatic carbocycles. The molecule has 2 atom stereocenters. The summed E-state index contributed by atoms with van der Waals surface area (Å²) in [5.74, 6) is 3.42. The van der Waals surface area contributed by atoms with Crippen molar-refractivity contribution in [2.45, 2.75) is 58.7 Å². The third-order valence-electron chi connectivity index (χ3n) is 6.80. The number of fused-ring (bicyclic) bond motifs is 3. The van der Waals surface area contributed by atoms with Crippen molar-refractivity contribution in [3.63, 3.8) is 0 Å². The predicted molar refractivity (Wildman–Crippen MR) is 133 cm³/mol. The summed E-state index contributed by atoms with van der Waals surface area (Å²) in [4.78, 5) is 11.9. The van der Waals surface area contributed by atoms with E-state index in [1.807, 2.05) is 6.20 Å². The van der Waals surface area contributed by atoms with Gasteiger partial charge in [-0.25, -0.2) is 9.98 Å². The number of aliphatic imine (C=N–C) groups is 1. The topological polar surface area (TPSA) is 90.6 Å². The number of amidine groups is 2. The lowest BCUT2D eigenvalue weighted by atomic mass is 9.83. The Hall–Kier alpha value is -2.87. The summed E-state index contributed by atoms with van der Waals surface area (Å²) in [5, 5.41) is 14.7. The number of hydrogen-bond acceptors (Lipinski definition) is 5. The zero-order valence-electron chi connectivity index (χ0n) is 19.9. The normalized spacial score (nSPS) is 22.7. The summed E-state index contributed by atoms with van der Waals surface area (Å²) in [5.41, 5.74) is 3.02. The van der Waals surface area contributed by atoms with E-state index in [0.717, 1.165) is 54.9 Å². The predicted octanol–water partition coefficient (Wildman–Crippen LogP) is 3.26. The molecule has 1 unspecified atom stereocenters. The molecule has 5 rings (SSSR count). The van der Waals surface area contributed by atoms with E-state index in [1.54, 1.807) is 6.92 Å². The average molecular weight is 450 g/mol. The SMILES string of the molecule is CC(=N)/N=C(\NC(C)C)c1cn2c(n1)-c1ccc(N3CCC3[C@@H]3CCCNC3)cc1OCC2. The van der Waals surface area contributed by atoms with Gasteiger partial charge in [0.15, 0.2) is 5.84 Å². The third kappa shape index (κ3) is 4.49. The number of ether oxygens (including phenoxy) is 1. The van der Waals surface area contributed by atoms with Gasteiger partial charge in [-0.3, -0.25) is 5.41 Å². The maximum Gasteiger partial charge on any atom is 0.155 e. The van der Waals surface area contributed by atoms with Gasteiger partial charge in [0.2, 0.25) is 0 Å². The second-order valence-electron chi connectivity index (χ2n) is 9.67. The number of rotatable bonds is 4. The van der Waals surface area contributed by atoms with Crippen LogP contribution in [0.15, 0.2) is 29.4 Å². The summed E-state index contributed by atoms with van der Waals surface area (Å²) < 4.78 is 8.32. The Labute approximate surface area is 196 Å². The van der Waals surface area contributed by atoms with Crippen molar-refractivity contribution in [3.05, 3.63) is 30.1 Å². The third-order valence-corrected chi connectivity index (χ3v) is 6.80. The molecule has 0 saturated carbocycles. The molecule has 33 heavy (non-hydrogen) atoms. The van der Waals surface area contributed by atoms with Gasteiger partial charge >= 0.3 is 0 Å². The van der Waals surface area contributed by atoms with Crippen LogP contribution < -0.4 is 20.3 Å². The van der Waals surface area contributed by atoms with Gasteiger partial charge in [0, 0.05) is 36.6 Å². The number of imidazole rings is 1. The Morgan fingerprint density at radius 3 is 2.88 bits per heavy atom. The van der Waals surface area contributed by atoms with Crippen LogP contribution in [0, 0.1) is 11.3 Å². The van der Waals surface area contributed by atoms with Crippen LogP contribution in [0.5, 0.6) is 5.75 Å². The summed E-state index contributed by atoms with van der Waals surface area (Å²) >= 11 is 0. The van der Waals surface area contributed by atoms with E-state index in [2.05, 4.69) is 57.1 Å². The van der Waals surface area contributed by atoms with Crippen molar-refractivity contribution in [1.82, 2.24) is 20.2 Å². The lowest BCUT2D eigenvalue weighted by Gasteiger charge is -2.48. The number of aromatic nitrogens is 2. The lowest BCUT2D eigenvalue weighted by Crippen LogP contribution is -2.55. The molecule has 8 heteroatoms. The number of anilines is 1. The first-order valence-electron chi connectivity index (χ1n) is 12.2. The van der Waals surface area contributed by atoms with Crippen molar-refractivity contribution < 1.29 is 4.74 Å². The van der Waals surface area contributed by atoms with Crippen molar-refractivity contribution in [3.8, 4) is 17.1 Å². The molecule has 8 nitrogen and oxygen atoms in total. The van der Waals surface area contributed by atoms with Crippen LogP contribution in [-0.4, -0.2) is 59.5 Å². The highest BCUT2D eigenvalue weighted by Crippen LogP contribution is 2.39. The van der Waals surface area contributed by atoms with E-state index in [-0.39, 0.29) is 11.9 Å². The molecule has 3 aliphatic rings. The number of nitrogens with zero attached hydrogens (tertiary/aromatic N) is 4. The molecule has 0 bridgehead atoms. The zero-order valence-corrected chi connectivity index (χ0v) is 19.9. The Kier molecular flexibility index (Phi) is 6.10. The van der Waals surface area contributed by atoms with Gasteiger partial charge in [0.25, 0.3) is 0 Å². The van der Waals surface area contributed by atoms with Crippen molar-refractivity contribution >= 4 is 17.4 Å². The summed E-state index contributed by atoms with van der Waals surface area (Å²) in [6, 6.07) is 7.40. The molecule has 1 aromatic carbocycles. The van der Waals surface area contributed by atoms with Gasteiger partial charge in [-0.2, -0.15) is 0 Å². The molecule has 2 fully saturated rings. The van der Waals surface area contributed by atoms with Crippen LogP contribution in [0.4, 0.5) is 5.69 Å². The fraction of sp³-hybridized carbons (Fsp3) is 0.560. The molecule has 4 heterocycles. The number of piperidine rings is 1. The van der Waals surface area contributed by atoms with Crippen LogP contribution in [0.2, 0.25) is 0 Å². The second kappa shape index (κ2) is 9.17. The van der Waals surface area contributed by atoms with Gasteiger partial charge in [0.1, 0.15) is 29.7 Å².